The van der Waals surface area contributed by atoms with Crippen LogP contribution in [0.4, 0.5) is 0 Å². The Balaban J connectivity index is 1.83. The third-order valence-corrected chi connectivity index (χ3v) is 3.32. The number of fused-ring (bicyclic) bond motifs is 1. The molecule has 1 atom stereocenters. The van der Waals surface area contributed by atoms with E-state index in [1.807, 2.05) is 28.9 Å². The van der Waals surface area contributed by atoms with Gasteiger partial charge in [-0.2, -0.15) is 5.10 Å². The molecule has 2 heterocycles. The van der Waals surface area contributed by atoms with E-state index in [0.717, 1.165) is 29.8 Å². The van der Waals surface area contributed by atoms with Gasteiger partial charge in [-0.15, -0.1) is 0 Å². The van der Waals surface area contributed by atoms with E-state index in [2.05, 4.69) is 27.0 Å². The second kappa shape index (κ2) is 5.97. The Labute approximate surface area is 122 Å². The SMILES string of the molecule is CCCn1ncnc1CC(O)c1cnc2ccccc2n1. The number of rotatable bonds is 5. The van der Waals surface area contributed by atoms with E-state index in [1.165, 1.54) is 6.33 Å². The number of para-hydroxylation sites is 2. The molecule has 2 aromatic heterocycles. The van der Waals surface area contributed by atoms with E-state index in [4.69, 9.17) is 0 Å². The minimum atomic E-state index is -0.734. The van der Waals surface area contributed by atoms with Crippen LogP contribution in [-0.2, 0) is 13.0 Å². The van der Waals surface area contributed by atoms with Crippen LogP contribution in [0.3, 0.4) is 0 Å². The van der Waals surface area contributed by atoms with Crippen LogP contribution in [0.15, 0.2) is 36.8 Å². The van der Waals surface area contributed by atoms with E-state index in [0.29, 0.717) is 12.1 Å². The number of nitrogens with zero attached hydrogens (tertiary/aromatic N) is 5. The van der Waals surface area contributed by atoms with Crippen LogP contribution in [0, 0.1) is 0 Å². The lowest BCUT2D eigenvalue weighted by Gasteiger charge is -2.11. The molecule has 6 nitrogen and oxygen atoms in total. The Morgan fingerprint density at radius 1 is 1.19 bits per heavy atom. The molecule has 0 fully saturated rings. The van der Waals surface area contributed by atoms with E-state index in [9.17, 15) is 5.11 Å². The summed E-state index contributed by atoms with van der Waals surface area (Å²) in [4.78, 5) is 13.0. The highest BCUT2D eigenvalue weighted by Gasteiger charge is 2.15. The van der Waals surface area contributed by atoms with E-state index < -0.39 is 6.10 Å². The minimum absolute atomic E-state index is 0.382. The number of aliphatic hydroxyl groups is 1. The fourth-order valence-electron chi connectivity index (χ4n) is 2.25. The number of aryl methyl sites for hydroxylation is 1. The van der Waals surface area contributed by atoms with Gasteiger partial charge in [0.05, 0.1) is 22.9 Å². The van der Waals surface area contributed by atoms with Gasteiger partial charge < -0.3 is 5.11 Å². The van der Waals surface area contributed by atoms with Crippen LogP contribution in [0.5, 0.6) is 0 Å². The first kappa shape index (κ1) is 13.6. The molecule has 3 rings (SSSR count). The van der Waals surface area contributed by atoms with Crippen molar-refractivity contribution in [1.29, 1.82) is 0 Å². The van der Waals surface area contributed by atoms with Gasteiger partial charge in [0.1, 0.15) is 18.3 Å². The van der Waals surface area contributed by atoms with E-state index >= 15 is 0 Å². The lowest BCUT2D eigenvalue weighted by atomic mass is 10.1. The normalized spacial score (nSPS) is 12.7. The van der Waals surface area contributed by atoms with Gasteiger partial charge in [0.25, 0.3) is 0 Å². The van der Waals surface area contributed by atoms with Crippen molar-refractivity contribution < 1.29 is 5.11 Å². The number of benzene rings is 1. The maximum absolute atomic E-state index is 10.4. The molecule has 0 aliphatic heterocycles. The van der Waals surface area contributed by atoms with Crippen molar-refractivity contribution in [3.05, 3.63) is 48.3 Å². The number of aromatic nitrogens is 5. The lowest BCUT2D eigenvalue weighted by Crippen LogP contribution is -2.11. The molecule has 6 heteroatoms. The van der Waals surface area contributed by atoms with Crippen LogP contribution in [0.1, 0.15) is 31.0 Å². The molecule has 21 heavy (non-hydrogen) atoms. The van der Waals surface area contributed by atoms with Gasteiger partial charge in [0, 0.05) is 13.0 Å². The zero-order valence-corrected chi connectivity index (χ0v) is 11.8. The summed E-state index contributed by atoms with van der Waals surface area (Å²) in [5, 5.41) is 14.5. The van der Waals surface area contributed by atoms with Crippen molar-refractivity contribution in [2.45, 2.75) is 32.4 Å². The summed E-state index contributed by atoms with van der Waals surface area (Å²) >= 11 is 0. The van der Waals surface area contributed by atoms with Gasteiger partial charge in [-0.05, 0) is 18.6 Å². The van der Waals surface area contributed by atoms with Gasteiger partial charge in [0.15, 0.2) is 0 Å². The summed E-state index contributed by atoms with van der Waals surface area (Å²) in [5.74, 6) is 0.763. The zero-order valence-electron chi connectivity index (χ0n) is 11.8. The first-order chi connectivity index (χ1) is 10.3. The molecule has 1 N–H and O–H groups in total. The highest BCUT2D eigenvalue weighted by atomic mass is 16.3. The fourth-order valence-corrected chi connectivity index (χ4v) is 2.25. The van der Waals surface area contributed by atoms with Crippen LogP contribution in [0.25, 0.3) is 11.0 Å². The molecular formula is C15H17N5O. The van der Waals surface area contributed by atoms with Crippen molar-refractivity contribution in [3.8, 4) is 0 Å². The van der Waals surface area contributed by atoms with Crippen LogP contribution in [0.2, 0.25) is 0 Å². The van der Waals surface area contributed by atoms with Crippen molar-refractivity contribution in [2.24, 2.45) is 0 Å². The van der Waals surface area contributed by atoms with Crippen molar-refractivity contribution in [3.63, 3.8) is 0 Å². The number of hydrogen-bond acceptors (Lipinski definition) is 5. The predicted molar refractivity (Wildman–Crippen MR) is 78.5 cm³/mol. The highest BCUT2D eigenvalue weighted by Crippen LogP contribution is 2.17. The van der Waals surface area contributed by atoms with Gasteiger partial charge in [-0.25, -0.2) is 9.97 Å². The standard InChI is InChI=1S/C15H17N5O/c1-2-7-20-15(17-10-18-20)8-14(21)13-9-16-11-5-3-4-6-12(11)19-13/h3-6,9-10,14,21H,2,7-8H2,1H3. The molecule has 0 bridgehead atoms. The second-order valence-electron chi connectivity index (χ2n) is 4.90. The summed E-state index contributed by atoms with van der Waals surface area (Å²) in [6.07, 6.45) is 3.76. The molecule has 0 spiro atoms. The Hall–Kier alpha value is -2.34. The third-order valence-electron chi connectivity index (χ3n) is 3.32. The molecule has 3 aromatic rings. The van der Waals surface area contributed by atoms with Crippen LogP contribution >= 0.6 is 0 Å². The van der Waals surface area contributed by atoms with Gasteiger partial charge >= 0.3 is 0 Å². The topological polar surface area (TPSA) is 76.7 Å². The first-order valence-electron chi connectivity index (χ1n) is 7.04. The largest absolute Gasteiger partial charge is 0.386 e. The van der Waals surface area contributed by atoms with Gasteiger partial charge in [-0.3, -0.25) is 9.67 Å². The first-order valence-corrected chi connectivity index (χ1v) is 7.04. The molecule has 0 saturated carbocycles. The predicted octanol–water partition coefficient (Wildman–Crippen LogP) is 1.91. The van der Waals surface area contributed by atoms with Crippen LogP contribution < -0.4 is 0 Å². The zero-order chi connectivity index (χ0) is 14.7. The highest BCUT2D eigenvalue weighted by molar-refractivity contribution is 5.73. The quantitative estimate of drug-likeness (QED) is 0.774. The molecule has 0 amide bonds. The van der Waals surface area contributed by atoms with E-state index in [1.54, 1.807) is 6.20 Å². The van der Waals surface area contributed by atoms with Gasteiger partial charge in [0.2, 0.25) is 0 Å². The molecule has 1 aromatic carbocycles. The van der Waals surface area contributed by atoms with Gasteiger partial charge in [-0.1, -0.05) is 19.1 Å². The maximum atomic E-state index is 10.4. The summed E-state index contributed by atoms with van der Waals surface area (Å²) in [6.45, 7) is 2.88. The Morgan fingerprint density at radius 2 is 2.00 bits per heavy atom. The van der Waals surface area contributed by atoms with Crippen molar-refractivity contribution in [2.75, 3.05) is 0 Å². The van der Waals surface area contributed by atoms with Crippen LogP contribution in [-0.4, -0.2) is 29.8 Å². The molecule has 0 aliphatic rings. The molecule has 0 radical (unpaired) electrons. The molecule has 0 aliphatic carbocycles. The molecule has 0 saturated heterocycles. The Kier molecular flexibility index (Phi) is 3.87. The average molecular weight is 283 g/mol. The molecule has 1 unspecified atom stereocenters. The number of hydrogen-bond donors (Lipinski definition) is 1. The maximum Gasteiger partial charge on any atom is 0.138 e. The summed E-state index contributed by atoms with van der Waals surface area (Å²) in [6, 6.07) is 7.61. The lowest BCUT2D eigenvalue weighted by molar-refractivity contribution is 0.169. The molecule has 108 valence electrons. The summed E-state index contributed by atoms with van der Waals surface area (Å²) in [5.41, 5.74) is 2.16. The average Bonchev–Trinajstić information content (AvgIpc) is 2.94. The second-order valence-corrected chi connectivity index (χ2v) is 4.90. The summed E-state index contributed by atoms with van der Waals surface area (Å²) < 4.78 is 1.82. The third kappa shape index (κ3) is 2.90. The van der Waals surface area contributed by atoms with Crippen molar-refractivity contribution >= 4 is 11.0 Å². The van der Waals surface area contributed by atoms with Crippen molar-refractivity contribution in [1.82, 2.24) is 24.7 Å². The minimum Gasteiger partial charge on any atom is -0.386 e. The molecular weight excluding hydrogens is 266 g/mol. The summed E-state index contributed by atoms with van der Waals surface area (Å²) in [7, 11) is 0. The number of aliphatic hydroxyl groups excluding tert-OH is 1. The van der Waals surface area contributed by atoms with E-state index in [-0.39, 0.29) is 0 Å². The Bertz CT molecular complexity index is 740. The monoisotopic (exact) mass is 283 g/mol. The Morgan fingerprint density at radius 3 is 2.81 bits per heavy atom. The smallest absolute Gasteiger partial charge is 0.138 e. The fraction of sp³-hybridized carbons (Fsp3) is 0.333.